The molecule has 0 spiro atoms. The monoisotopic (exact) mass is 268 g/mol. The molecule has 19 heavy (non-hydrogen) atoms. The first-order valence-electron chi connectivity index (χ1n) is 6.82. The van der Waals surface area contributed by atoms with E-state index in [2.05, 4.69) is 17.2 Å². The van der Waals surface area contributed by atoms with E-state index in [1.807, 2.05) is 13.8 Å². The Balaban J connectivity index is 2.65. The van der Waals surface area contributed by atoms with E-state index in [1.165, 1.54) is 0 Å². The molecule has 3 unspecified atom stereocenters. The fraction of sp³-hybridized carbons (Fsp3) is 0.714. The van der Waals surface area contributed by atoms with Crippen molar-refractivity contribution in [3.05, 3.63) is 12.7 Å². The Kier molecular flexibility index (Phi) is 5.39. The summed E-state index contributed by atoms with van der Waals surface area (Å²) in [6.07, 6.45) is 5.22. The summed E-state index contributed by atoms with van der Waals surface area (Å²) < 4.78 is 0. The molecule has 0 heterocycles. The Bertz CT molecular complexity index is 357. The summed E-state index contributed by atoms with van der Waals surface area (Å²) in [4.78, 5) is 23.4. The Hall–Kier alpha value is -1.52. The highest BCUT2D eigenvalue weighted by Gasteiger charge is 2.43. The molecule has 1 fully saturated rings. The molecule has 1 rings (SSSR count). The first-order valence-corrected chi connectivity index (χ1v) is 6.82. The molecular formula is C14H24N2O3. The number of hydrogen-bond acceptors (Lipinski definition) is 2. The molecule has 1 aliphatic carbocycles. The summed E-state index contributed by atoms with van der Waals surface area (Å²) in [6.45, 7) is 7.49. The number of aliphatic carboxylic acids is 1. The van der Waals surface area contributed by atoms with Crippen LogP contribution in [0.4, 0.5) is 4.79 Å². The third-order valence-corrected chi connectivity index (χ3v) is 3.66. The molecule has 108 valence electrons. The maximum atomic E-state index is 11.9. The van der Waals surface area contributed by atoms with Crippen LogP contribution < -0.4 is 10.6 Å². The van der Waals surface area contributed by atoms with Crippen LogP contribution in [0.1, 0.15) is 46.0 Å². The highest BCUT2D eigenvalue weighted by Crippen LogP contribution is 2.32. The topological polar surface area (TPSA) is 78.4 Å². The molecule has 0 aromatic heterocycles. The number of amides is 2. The van der Waals surface area contributed by atoms with Gasteiger partial charge in [0.25, 0.3) is 0 Å². The van der Waals surface area contributed by atoms with E-state index < -0.39 is 17.5 Å². The Morgan fingerprint density at radius 3 is 2.79 bits per heavy atom. The number of urea groups is 1. The first kappa shape index (κ1) is 15.5. The lowest BCUT2D eigenvalue weighted by atomic mass is 9.76. The van der Waals surface area contributed by atoms with Gasteiger partial charge in [-0.25, -0.2) is 9.59 Å². The predicted octanol–water partition coefficient (Wildman–Crippen LogP) is 2.28. The minimum absolute atomic E-state index is 0.0515. The number of carboxylic acid groups (broad SMARTS) is 1. The van der Waals surface area contributed by atoms with E-state index in [1.54, 1.807) is 6.08 Å². The quantitative estimate of drug-likeness (QED) is 0.669. The van der Waals surface area contributed by atoms with Crippen LogP contribution in [0.25, 0.3) is 0 Å². The number of carboxylic acids is 1. The zero-order valence-corrected chi connectivity index (χ0v) is 11.7. The van der Waals surface area contributed by atoms with Gasteiger partial charge in [-0.1, -0.05) is 25.8 Å². The molecule has 0 aliphatic heterocycles. The zero-order chi connectivity index (χ0) is 14.5. The van der Waals surface area contributed by atoms with Crippen molar-refractivity contribution in [1.82, 2.24) is 10.6 Å². The van der Waals surface area contributed by atoms with Crippen molar-refractivity contribution in [2.75, 3.05) is 0 Å². The molecule has 0 saturated heterocycles. The van der Waals surface area contributed by atoms with E-state index in [4.69, 9.17) is 0 Å². The summed E-state index contributed by atoms with van der Waals surface area (Å²) in [7, 11) is 0. The normalized spacial score (nSPS) is 28.2. The lowest BCUT2D eigenvalue weighted by Gasteiger charge is -2.37. The number of carbonyl (C=O) groups excluding carboxylic acids is 1. The standard InChI is InChI=1S/C14H24N2O3/c1-4-6-11(3)15-13(19)16-14(12(17)18)8-5-7-10(2)9-14/h4,10-11H,1,5-9H2,2-3H3,(H,17,18)(H2,15,16,19). The maximum absolute atomic E-state index is 11.9. The second kappa shape index (κ2) is 6.59. The van der Waals surface area contributed by atoms with E-state index >= 15 is 0 Å². The van der Waals surface area contributed by atoms with Crippen LogP contribution in [0.2, 0.25) is 0 Å². The van der Waals surface area contributed by atoms with Gasteiger partial charge in [-0.2, -0.15) is 0 Å². The second-order valence-corrected chi connectivity index (χ2v) is 5.61. The summed E-state index contributed by atoms with van der Waals surface area (Å²) in [5, 5.41) is 14.8. The molecule has 3 atom stereocenters. The summed E-state index contributed by atoms with van der Waals surface area (Å²) >= 11 is 0. The third-order valence-electron chi connectivity index (χ3n) is 3.66. The van der Waals surface area contributed by atoms with Crippen LogP contribution in [0, 0.1) is 5.92 Å². The smallest absolute Gasteiger partial charge is 0.329 e. The second-order valence-electron chi connectivity index (χ2n) is 5.61. The van der Waals surface area contributed by atoms with Gasteiger partial charge in [0.05, 0.1) is 0 Å². The highest BCUT2D eigenvalue weighted by molar-refractivity contribution is 5.86. The van der Waals surface area contributed by atoms with Gasteiger partial charge in [0, 0.05) is 6.04 Å². The van der Waals surface area contributed by atoms with E-state index in [0.29, 0.717) is 25.2 Å². The molecule has 5 heteroatoms. The third kappa shape index (κ3) is 4.26. The lowest BCUT2D eigenvalue weighted by molar-refractivity contribution is -0.146. The molecule has 2 amide bonds. The molecule has 0 bridgehead atoms. The van der Waals surface area contributed by atoms with Gasteiger partial charge in [-0.3, -0.25) is 0 Å². The van der Waals surface area contributed by atoms with Crippen molar-refractivity contribution >= 4 is 12.0 Å². The van der Waals surface area contributed by atoms with E-state index in [-0.39, 0.29) is 6.04 Å². The van der Waals surface area contributed by atoms with E-state index in [9.17, 15) is 14.7 Å². The van der Waals surface area contributed by atoms with Gasteiger partial charge < -0.3 is 15.7 Å². The Morgan fingerprint density at radius 2 is 2.26 bits per heavy atom. The molecule has 1 aliphatic rings. The van der Waals surface area contributed by atoms with Crippen molar-refractivity contribution in [2.24, 2.45) is 5.92 Å². The van der Waals surface area contributed by atoms with Crippen LogP contribution in [-0.2, 0) is 4.79 Å². The van der Waals surface area contributed by atoms with Crippen LogP contribution in [0.3, 0.4) is 0 Å². The Labute approximate surface area is 114 Å². The maximum Gasteiger partial charge on any atom is 0.329 e. The number of carbonyl (C=O) groups is 2. The Morgan fingerprint density at radius 1 is 1.58 bits per heavy atom. The largest absolute Gasteiger partial charge is 0.480 e. The molecule has 3 N–H and O–H groups in total. The van der Waals surface area contributed by atoms with Gasteiger partial charge in [0.1, 0.15) is 5.54 Å². The molecule has 0 radical (unpaired) electrons. The lowest BCUT2D eigenvalue weighted by Crippen LogP contribution is -2.59. The van der Waals surface area contributed by atoms with Crippen molar-refractivity contribution in [2.45, 2.75) is 57.5 Å². The van der Waals surface area contributed by atoms with Gasteiger partial charge in [0.15, 0.2) is 0 Å². The average Bonchev–Trinajstić information content (AvgIpc) is 2.28. The van der Waals surface area contributed by atoms with Gasteiger partial charge in [0.2, 0.25) is 0 Å². The SMILES string of the molecule is C=CCC(C)NC(=O)NC1(C(=O)O)CCCC(C)C1. The molecule has 1 saturated carbocycles. The number of nitrogens with one attached hydrogen (secondary N) is 2. The molecular weight excluding hydrogens is 244 g/mol. The average molecular weight is 268 g/mol. The van der Waals surface area contributed by atoms with Crippen molar-refractivity contribution in [3.8, 4) is 0 Å². The highest BCUT2D eigenvalue weighted by atomic mass is 16.4. The van der Waals surface area contributed by atoms with Crippen molar-refractivity contribution < 1.29 is 14.7 Å². The van der Waals surface area contributed by atoms with Crippen LogP contribution in [-0.4, -0.2) is 28.7 Å². The molecule has 5 nitrogen and oxygen atoms in total. The van der Waals surface area contributed by atoms with Gasteiger partial charge >= 0.3 is 12.0 Å². The van der Waals surface area contributed by atoms with Crippen molar-refractivity contribution in [3.63, 3.8) is 0 Å². The summed E-state index contributed by atoms with van der Waals surface area (Å²) in [6, 6.07) is -0.463. The fourth-order valence-electron chi connectivity index (χ4n) is 2.70. The van der Waals surface area contributed by atoms with Crippen LogP contribution in [0.15, 0.2) is 12.7 Å². The zero-order valence-electron chi connectivity index (χ0n) is 11.7. The van der Waals surface area contributed by atoms with Crippen LogP contribution >= 0.6 is 0 Å². The fourth-order valence-corrected chi connectivity index (χ4v) is 2.70. The van der Waals surface area contributed by atoms with Crippen LogP contribution in [0.5, 0.6) is 0 Å². The minimum atomic E-state index is -1.12. The van der Waals surface area contributed by atoms with Crippen molar-refractivity contribution in [1.29, 1.82) is 0 Å². The van der Waals surface area contributed by atoms with Gasteiger partial charge in [-0.05, 0) is 32.1 Å². The first-order chi connectivity index (χ1) is 8.89. The predicted molar refractivity (Wildman–Crippen MR) is 73.9 cm³/mol. The number of hydrogen-bond donors (Lipinski definition) is 3. The molecule has 0 aromatic carbocycles. The molecule has 0 aromatic rings. The summed E-state index contributed by atoms with van der Waals surface area (Å²) in [5.74, 6) is -0.624. The number of rotatable bonds is 5. The van der Waals surface area contributed by atoms with E-state index in [0.717, 1.165) is 12.8 Å². The summed E-state index contributed by atoms with van der Waals surface area (Å²) in [5.41, 5.74) is -1.12. The minimum Gasteiger partial charge on any atom is -0.480 e. The van der Waals surface area contributed by atoms with Gasteiger partial charge in [-0.15, -0.1) is 6.58 Å².